The van der Waals surface area contributed by atoms with Crippen molar-refractivity contribution in [3.63, 3.8) is 0 Å². The Morgan fingerprint density at radius 1 is 1.24 bits per heavy atom. The van der Waals surface area contributed by atoms with Gasteiger partial charge in [-0.2, -0.15) is 0 Å². The number of aliphatic carboxylic acids is 1. The van der Waals surface area contributed by atoms with E-state index in [-0.39, 0.29) is 24.3 Å². The minimum atomic E-state index is -0.820. The maximum absolute atomic E-state index is 12.6. The highest BCUT2D eigenvalue weighted by molar-refractivity contribution is 5.95. The second kappa shape index (κ2) is 8.59. The van der Waals surface area contributed by atoms with Gasteiger partial charge >= 0.3 is 5.97 Å². The summed E-state index contributed by atoms with van der Waals surface area (Å²) in [7, 11) is 0. The molecule has 29 heavy (non-hydrogen) atoms. The molecule has 0 bridgehead atoms. The zero-order valence-electron chi connectivity index (χ0n) is 16.0. The number of amides is 1. The number of carbonyl (C=O) groups is 2. The number of nitrogens with one attached hydrogen (secondary N) is 2. The number of carbonyl (C=O) groups excluding carboxylic acids is 1. The number of likely N-dealkylation sites (tertiary alicyclic amines) is 1. The number of aromatic nitrogens is 1. The number of hydrogen-bond acceptors (Lipinski definition) is 6. The molecule has 152 valence electrons. The van der Waals surface area contributed by atoms with Gasteiger partial charge in [0.25, 0.3) is 5.91 Å². The van der Waals surface area contributed by atoms with E-state index in [4.69, 9.17) is 9.84 Å². The summed E-state index contributed by atoms with van der Waals surface area (Å²) in [5.41, 5.74) is 8.74. The molecule has 0 spiro atoms. The zero-order chi connectivity index (χ0) is 20.2. The Bertz CT molecular complexity index is 875. The summed E-state index contributed by atoms with van der Waals surface area (Å²) < 4.78 is 5.82. The molecule has 1 atom stereocenters. The third-order valence-electron chi connectivity index (χ3n) is 5.24. The van der Waals surface area contributed by atoms with Crippen molar-refractivity contribution in [2.24, 2.45) is 5.92 Å². The minimum absolute atomic E-state index is 0.0497. The normalized spacial score (nSPS) is 19.0. The minimum Gasteiger partial charge on any atom is -0.487 e. The van der Waals surface area contributed by atoms with Crippen molar-refractivity contribution < 1.29 is 19.4 Å². The Kier molecular flexibility index (Phi) is 5.73. The van der Waals surface area contributed by atoms with E-state index < -0.39 is 5.97 Å². The van der Waals surface area contributed by atoms with Crippen LogP contribution in [0.25, 0.3) is 0 Å². The number of hydrazine groups is 1. The molecule has 2 aliphatic rings. The van der Waals surface area contributed by atoms with Gasteiger partial charge < -0.3 is 14.7 Å². The number of ether oxygens (including phenoxy) is 1. The van der Waals surface area contributed by atoms with Crippen molar-refractivity contribution in [2.45, 2.75) is 25.5 Å². The van der Waals surface area contributed by atoms with Crippen molar-refractivity contribution in [1.82, 2.24) is 20.7 Å². The van der Waals surface area contributed by atoms with E-state index in [0.717, 1.165) is 24.2 Å². The lowest BCUT2D eigenvalue weighted by Gasteiger charge is -2.38. The van der Waals surface area contributed by atoms with Gasteiger partial charge in [-0.15, -0.1) is 0 Å². The van der Waals surface area contributed by atoms with Crippen molar-refractivity contribution >= 4 is 11.9 Å². The Labute approximate surface area is 168 Å². The molecule has 2 aliphatic heterocycles. The standard InChI is InChI=1S/C21H24N4O4/c26-20(27)9-15-11-25(12-15)21(28)16-3-1-2-14(8-16)13-29-17-4-5-18(22-10-17)19-6-7-23-24-19/h1-5,8,10,15,19,23-24H,6-7,9,11-13H2,(H,26,27). The molecule has 8 nitrogen and oxygen atoms in total. The molecule has 1 unspecified atom stereocenters. The summed E-state index contributed by atoms with van der Waals surface area (Å²) in [6, 6.07) is 11.4. The van der Waals surface area contributed by atoms with Crippen LogP contribution >= 0.6 is 0 Å². The van der Waals surface area contributed by atoms with Crippen LogP contribution in [0.3, 0.4) is 0 Å². The first-order valence-corrected chi connectivity index (χ1v) is 9.75. The molecule has 0 saturated carbocycles. The Morgan fingerprint density at radius 2 is 2.10 bits per heavy atom. The van der Waals surface area contributed by atoms with Crippen LogP contribution < -0.4 is 15.6 Å². The predicted octanol–water partition coefficient (Wildman–Crippen LogP) is 1.75. The highest BCUT2D eigenvalue weighted by Gasteiger charge is 2.32. The fourth-order valence-electron chi connectivity index (χ4n) is 3.64. The zero-order valence-corrected chi connectivity index (χ0v) is 16.0. The van der Waals surface area contributed by atoms with E-state index >= 15 is 0 Å². The van der Waals surface area contributed by atoms with Crippen LogP contribution in [0, 0.1) is 5.92 Å². The van der Waals surface area contributed by atoms with E-state index in [9.17, 15) is 9.59 Å². The van der Waals surface area contributed by atoms with Crippen LogP contribution in [0.4, 0.5) is 0 Å². The van der Waals surface area contributed by atoms with Crippen LogP contribution in [0.2, 0.25) is 0 Å². The molecule has 1 aromatic carbocycles. The molecule has 3 heterocycles. The van der Waals surface area contributed by atoms with Crippen LogP contribution in [-0.4, -0.2) is 46.5 Å². The second-order valence-electron chi connectivity index (χ2n) is 7.49. The van der Waals surface area contributed by atoms with Gasteiger partial charge in [0, 0.05) is 31.1 Å². The van der Waals surface area contributed by atoms with Gasteiger partial charge in [-0.1, -0.05) is 12.1 Å². The van der Waals surface area contributed by atoms with Crippen molar-refractivity contribution in [1.29, 1.82) is 0 Å². The van der Waals surface area contributed by atoms with Gasteiger partial charge in [-0.3, -0.25) is 20.0 Å². The molecule has 1 amide bonds. The second-order valence-corrected chi connectivity index (χ2v) is 7.49. The van der Waals surface area contributed by atoms with E-state index in [1.807, 2.05) is 30.3 Å². The number of benzene rings is 1. The number of carboxylic acid groups (broad SMARTS) is 1. The first-order valence-electron chi connectivity index (χ1n) is 9.75. The van der Waals surface area contributed by atoms with Crippen LogP contribution in [-0.2, 0) is 11.4 Å². The Morgan fingerprint density at radius 3 is 2.79 bits per heavy atom. The number of rotatable bonds is 7. The average Bonchev–Trinajstić information content (AvgIpc) is 3.24. The number of nitrogens with zero attached hydrogens (tertiary/aromatic N) is 2. The van der Waals surface area contributed by atoms with Crippen LogP contribution in [0.5, 0.6) is 5.75 Å². The topological polar surface area (TPSA) is 104 Å². The molecule has 2 saturated heterocycles. The summed E-state index contributed by atoms with van der Waals surface area (Å²) in [6.45, 7) is 2.26. The molecule has 4 rings (SSSR count). The fraction of sp³-hybridized carbons (Fsp3) is 0.381. The highest BCUT2D eigenvalue weighted by Crippen LogP contribution is 2.23. The van der Waals surface area contributed by atoms with Gasteiger partial charge in [0.05, 0.1) is 24.4 Å². The number of pyridine rings is 1. The van der Waals surface area contributed by atoms with Crippen LogP contribution in [0.15, 0.2) is 42.6 Å². The SMILES string of the molecule is O=C(O)CC1CN(C(=O)c2cccc(COc3ccc(C4CCNN4)nc3)c2)C1. The largest absolute Gasteiger partial charge is 0.487 e. The lowest BCUT2D eigenvalue weighted by Crippen LogP contribution is -2.50. The molecule has 3 N–H and O–H groups in total. The smallest absolute Gasteiger partial charge is 0.303 e. The third kappa shape index (κ3) is 4.72. The number of hydrogen-bond donors (Lipinski definition) is 3. The van der Waals surface area contributed by atoms with Crippen molar-refractivity contribution in [3.05, 3.63) is 59.4 Å². The summed E-state index contributed by atoms with van der Waals surface area (Å²) in [6.07, 6.45) is 2.83. The molecular formula is C21H24N4O4. The quantitative estimate of drug-likeness (QED) is 0.655. The molecule has 8 heteroatoms. The maximum Gasteiger partial charge on any atom is 0.303 e. The van der Waals surface area contributed by atoms with Gasteiger partial charge in [-0.05, 0) is 36.2 Å². The molecule has 1 aromatic heterocycles. The van der Waals surface area contributed by atoms with Crippen LogP contribution in [0.1, 0.15) is 40.5 Å². The van der Waals surface area contributed by atoms with Crippen molar-refractivity contribution in [2.75, 3.05) is 19.6 Å². The maximum atomic E-state index is 12.6. The molecule has 2 aromatic rings. The molecule has 0 aliphatic carbocycles. The van der Waals surface area contributed by atoms with E-state index in [0.29, 0.717) is 31.0 Å². The summed E-state index contributed by atoms with van der Waals surface area (Å²) in [4.78, 5) is 29.4. The molecule has 0 radical (unpaired) electrons. The first kappa shape index (κ1) is 19.4. The predicted molar refractivity (Wildman–Crippen MR) is 105 cm³/mol. The van der Waals surface area contributed by atoms with Gasteiger partial charge in [0.1, 0.15) is 12.4 Å². The highest BCUT2D eigenvalue weighted by atomic mass is 16.5. The molecular weight excluding hydrogens is 372 g/mol. The van der Waals surface area contributed by atoms with Gasteiger partial charge in [-0.25, -0.2) is 5.43 Å². The number of carboxylic acids is 1. The monoisotopic (exact) mass is 396 g/mol. The fourth-order valence-corrected chi connectivity index (χ4v) is 3.64. The third-order valence-corrected chi connectivity index (χ3v) is 5.24. The van der Waals surface area contributed by atoms with Crippen molar-refractivity contribution in [3.8, 4) is 5.75 Å². The van der Waals surface area contributed by atoms with Gasteiger partial charge in [0.15, 0.2) is 0 Å². The molecule has 2 fully saturated rings. The lowest BCUT2D eigenvalue weighted by molar-refractivity contribution is -0.139. The van der Waals surface area contributed by atoms with E-state index in [1.165, 1.54) is 0 Å². The summed E-state index contributed by atoms with van der Waals surface area (Å²) in [5.74, 6) is -0.165. The first-order chi connectivity index (χ1) is 14.1. The summed E-state index contributed by atoms with van der Waals surface area (Å²) in [5, 5.41) is 8.82. The van der Waals surface area contributed by atoms with E-state index in [2.05, 4.69) is 15.8 Å². The van der Waals surface area contributed by atoms with E-state index in [1.54, 1.807) is 17.2 Å². The Balaban J connectivity index is 1.31. The average molecular weight is 396 g/mol. The van der Waals surface area contributed by atoms with Gasteiger partial charge in [0.2, 0.25) is 0 Å². The lowest BCUT2D eigenvalue weighted by atomic mass is 9.95. The summed E-state index contributed by atoms with van der Waals surface area (Å²) >= 11 is 0. The Hall–Kier alpha value is -2.97.